The molecule has 0 fully saturated rings. The van der Waals surface area contributed by atoms with Crippen molar-refractivity contribution in [3.8, 4) is 0 Å². The van der Waals surface area contributed by atoms with E-state index in [1.54, 1.807) is 7.11 Å². The quantitative estimate of drug-likeness (QED) is 0.498. The molecule has 0 saturated heterocycles. The van der Waals surface area contributed by atoms with Gasteiger partial charge in [-0.2, -0.15) is 0 Å². The highest BCUT2D eigenvalue weighted by Crippen LogP contribution is 2.18. The van der Waals surface area contributed by atoms with Crippen molar-refractivity contribution >= 4 is 0 Å². The van der Waals surface area contributed by atoms with Gasteiger partial charge in [-0.3, -0.25) is 0 Å². The lowest BCUT2D eigenvalue weighted by molar-refractivity contribution is 0.196. The van der Waals surface area contributed by atoms with E-state index in [9.17, 15) is 0 Å². The smallest absolute Gasteiger partial charge is 0.0587 e. The fourth-order valence-corrected chi connectivity index (χ4v) is 2.49. The minimum absolute atomic E-state index is 0.815. The Kier molecular flexibility index (Phi) is 13.3. The van der Waals surface area contributed by atoms with E-state index in [0.717, 1.165) is 31.5 Å². The maximum atomic E-state index is 5.07. The Labute approximate surface area is 115 Å². The molecule has 0 bridgehead atoms. The molecule has 0 aromatic heterocycles. The zero-order valence-electron chi connectivity index (χ0n) is 13.1. The highest BCUT2D eigenvalue weighted by atomic mass is 16.5. The summed E-state index contributed by atoms with van der Waals surface area (Å²) < 4.78 is 5.07. The summed E-state index contributed by atoms with van der Waals surface area (Å²) >= 11 is 0. The highest BCUT2D eigenvalue weighted by Gasteiger charge is 2.10. The molecule has 2 heteroatoms. The fourth-order valence-electron chi connectivity index (χ4n) is 2.49. The molecule has 0 amide bonds. The molecule has 0 radical (unpaired) electrons. The van der Waals surface area contributed by atoms with Crippen LogP contribution >= 0.6 is 0 Å². The molecule has 2 nitrogen and oxygen atoms in total. The van der Waals surface area contributed by atoms with Crippen LogP contribution in [0, 0.1) is 11.8 Å². The van der Waals surface area contributed by atoms with Crippen LogP contribution < -0.4 is 5.32 Å². The van der Waals surface area contributed by atoms with Crippen LogP contribution in [0.4, 0.5) is 0 Å². The summed E-state index contributed by atoms with van der Waals surface area (Å²) in [6.07, 6.45) is 9.73. The number of unbranched alkanes of at least 4 members (excludes halogenated alkanes) is 4. The second-order valence-corrected chi connectivity index (χ2v) is 5.90. The number of hydrogen-bond donors (Lipinski definition) is 1. The molecule has 0 saturated carbocycles. The van der Waals surface area contributed by atoms with Crippen molar-refractivity contribution in [2.24, 2.45) is 11.8 Å². The van der Waals surface area contributed by atoms with Gasteiger partial charge in [0.05, 0.1) is 6.61 Å². The fraction of sp³-hybridized carbons (Fsp3) is 1.00. The normalized spacial score (nSPS) is 13.2. The summed E-state index contributed by atoms with van der Waals surface area (Å²) in [5.41, 5.74) is 0. The topological polar surface area (TPSA) is 21.3 Å². The predicted octanol–water partition coefficient (Wildman–Crippen LogP) is 4.25. The maximum Gasteiger partial charge on any atom is 0.0587 e. The third-order valence-corrected chi connectivity index (χ3v) is 3.44. The zero-order valence-corrected chi connectivity index (χ0v) is 13.1. The van der Waals surface area contributed by atoms with Gasteiger partial charge in [-0.05, 0) is 31.2 Å². The summed E-state index contributed by atoms with van der Waals surface area (Å²) in [7, 11) is 1.76. The van der Waals surface area contributed by atoms with Gasteiger partial charge in [0.25, 0.3) is 0 Å². The van der Waals surface area contributed by atoms with E-state index >= 15 is 0 Å². The van der Waals surface area contributed by atoms with Gasteiger partial charge < -0.3 is 10.1 Å². The van der Waals surface area contributed by atoms with E-state index in [-0.39, 0.29) is 0 Å². The van der Waals surface area contributed by atoms with Gasteiger partial charge in [0.15, 0.2) is 0 Å². The molecule has 0 aromatic rings. The second kappa shape index (κ2) is 13.4. The van der Waals surface area contributed by atoms with Crippen LogP contribution in [-0.4, -0.2) is 26.8 Å². The molecule has 0 aliphatic rings. The van der Waals surface area contributed by atoms with E-state index in [1.165, 1.54) is 44.9 Å². The molecular weight excluding hydrogens is 222 g/mol. The number of hydrogen-bond acceptors (Lipinski definition) is 2. The van der Waals surface area contributed by atoms with Gasteiger partial charge in [-0.15, -0.1) is 0 Å². The molecule has 1 unspecified atom stereocenters. The second-order valence-electron chi connectivity index (χ2n) is 5.90. The highest BCUT2D eigenvalue weighted by molar-refractivity contribution is 4.65. The van der Waals surface area contributed by atoms with Crippen molar-refractivity contribution in [3.63, 3.8) is 0 Å². The number of ether oxygens (including phenoxy) is 1. The maximum absolute atomic E-state index is 5.07. The number of nitrogens with one attached hydrogen (secondary N) is 1. The van der Waals surface area contributed by atoms with Crippen molar-refractivity contribution in [1.82, 2.24) is 5.32 Å². The van der Waals surface area contributed by atoms with Crippen molar-refractivity contribution in [2.75, 3.05) is 26.8 Å². The van der Waals surface area contributed by atoms with Crippen molar-refractivity contribution in [1.29, 1.82) is 0 Å². The molecular formula is C16H35NO. The number of methoxy groups -OCH3 is 1. The van der Waals surface area contributed by atoms with Crippen molar-refractivity contribution < 1.29 is 4.74 Å². The van der Waals surface area contributed by atoms with Crippen LogP contribution in [0.25, 0.3) is 0 Å². The monoisotopic (exact) mass is 257 g/mol. The lowest BCUT2D eigenvalue weighted by Crippen LogP contribution is -2.27. The third-order valence-electron chi connectivity index (χ3n) is 3.44. The van der Waals surface area contributed by atoms with Gasteiger partial charge in [0.1, 0.15) is 0 Å². The van der Waals surface area contributed by atoms with Crippen molar-refractivity contribution in [2.45, 2.75) is 65.7 Å². The van der Waals surface area contributed by atoms with E-state index in [0.29, 0.717) is 0 Å². The van der Waals surface area contributed by atoms with Crippen LogP contribution in [-0.2, 0) is 4.74 Å². The summed E-state index contributed by atoms with van der Waals surface area (Å²) in [6.45, 7) is 9.92. The summed E-state index contributed by atoms with van der Waals surface area (Å²) in [6, 6.07) is 0. The molecule has 1 atom stereocenters. The average Bonchev–Trinajstić information content (AvgIpc) is 2.33. The molecule has 0 aromatic carbocycles. The minimum Gasteiger partial charge on any atom is -0.383 e. The standard InChI is InChI=1S/C16H35NO/c1-5-6-7-8-9-10-16(13-15(2)3)14-17-11-12-18-4/h15-17H,5-14H2,1-4H3. The lowest BCUT2D eigenvalue weighted by Gasteiger charge is -2.19. The first-order chi connectivity index (χ1) is 8.70. The SMILES string of the molecule is CCCCCCCC(CNCCOC)CC(C)C. The van der Waals surface area contributed by atoms with E-state index in [4.69, 9.17) is 4.74 Å². The van der Waals surface area contributed by atoms with Crippen LogP contribution in [0.1, 0.15) is 65.7 Å². The van der Waals surface area contributed by atoms with Crippen molar-refractivity contribution in [3.05, 3.63) is 0 Å². The van der Waals surface area contributed by atoms with E-state index < -0.39 is 0 Å². The molecule has 0 aliphatic carbocycles. The van der Waals surface area contributed by atoms with Crippen LogP contribution in [0.2, 0.25) is 0 Å². The Hall–Kier alpha value is -0.0800. The van der Waals surface area contributed by atoms with Gasteiger partial charge in [-0.1, -0.05) is 52.9 Å². The Balaban J connectivity index is 3.63. The molecule has 0 heterocycles. The third kappa shape index (κ3) is 12.4. The average molecular weight is 257 g/mol. The Morgan fingerprint density at radius 2 is 1.78 bits per heavy atom. The molecule has 18 heavy (non-hydrogen) atoms. The van der Waals surface area contributed by atoms with E-state index in [2.05, 4.69) is 26.1 Å². The summed E-state index contributed by atoms with van der Waals surface area (Å²) in [5, 5.41) is 3.52. The van der Waals surface area contributed by atoms with Crippen LogP contribution in [0.3, 0.4) is 0 Å². The van der Waals surface area contributed by atoms with Crippen LogP contribution in [0.15, 0.2) is 0 Å². The lowest BCUT2D eigenvalue weighted by atomic mass is 9.91. The van der Waals surface area contributed by atoms with Gasteiger partial charge in [-0.25, -0.2) is 0 Å². The molecule has 0 spiro atoms. The Morgan fingerprint density at radius 3 is 2.39 bits per heavy atom. The van der Waals surface area contributed by atoms with Gasteiger partial charge >= 0.3 is 0 Å². The first-order valence-corrected chi connectivity index (χ1v) is 7.90. The molecule has 0 aliphatic heterocycles. The Bertz CT molecular complexity index is 159. The zero-order chi connectivity index (χ0) is 13.6. The predicted molar refractivity (Wildman–Crippen MR) is 81.1 cm³/mol. The molecule has 0 rings (SSSR count). The summed E-state index contributed by atoms with van der Waals surface area (Å²) in [4.78, 5) is 0. The largest absolute Gasteiger partial charge is 0.383 e. The molecule has 1 N–H and O–H groups in total. The summed E-state index contributed by atoms with van der Waals surface area (Å²) in [5.74, 6) is 1.67. The van der Waals surface area contributed by atoms with E-state index in [1.807, 2.05) is 0 Å². The Morgan fingerprint density at radius 1 is 1.06 bits per heavy atom. The van der Waals surface area contributed by atoms with Gasteiger partial charge in [0, 0.05) is 13.7 Å². The first kappa shape index (κ1) is 17.9. The van der Waals surface area contributed by atoms with Crippen LogP contribution in [0.5, 0.6) is 0 Å². The number of rotatable bonds is 13. The first-order valence-electron chi connectivity index (χ1n) is 7.90. The van der Waals surface area contributed by atoms with Gasteiger partial charge in [0.2, 0.25) is 0 Å². The minimum atomic E-state index is 0.815. The molecule has 110 valence electrons.